The van der Waals surface area contributed by atoms with Crippen LogP contribution in [-0.2, 0) is 0 Å². The molecule has 0 saturated carbocycles. The van der Waals surface area contributed by atoms with Crippen molar-refractivity contribution in [2.75, 3.05) is 11.1 Å². The van der Waals surface area contributed by atoms with Crippen LogP contribution in [0.3, 0.4) is 0 Å². The van der Waals surface area contributed by atoms with Gasteiger partial charge in [-0.3, -0.25) is 0 Å². The largest absolute Gasteiger partial charge is 0.396 e. The van der Waals surface area contributed by atoms with Gasteiger partial charge in [0.25, 0.3) is 0 Å². The number of nitrogen functional groups attached to an aromatic ring is 1. The van der Waals surface area contributed by atoms with Crippen LogP contribution in [0.4, 0.5) is 21.5 Å². The lowest BCUT2D eigenvalue weighted by molar-refractivity contribution is 0.628. The maximum Gasteiger partial charge on any atom is 0.141 e. The van der Waals surface area contributed by atoms with Crippen LogP contribution in [0.2, 0.25) is 5.02 Å². The van der Waals surface area contributed by atoms with Gasteiger partial charge in [-0.1, -0.05) is 17.7 Å². The van der Waals surface area contributed by atoms with Crippen LogP contribution in [0.25, 0.3) is 0 Å². The molecular weight excluding hydrogens is 253 g/mol. The minimum atomic E-state index is -0.485. The topological polar surface area (TPSA) is 61.8 Å². The summed E-state index contributed by atoms with van der Waals surface area (Å²) in [6, 6.07) is 11.3. The molecule has 0 amide bonds. The molecular formula is C13H9ClFN3. The molecule has 0 saturated heterocycles. The lowest BCUT2D eigenvalue weighted by Crippen LogP contribution is -1.98. The lowest BCUT2D eigenvalue weighted by Gasteiger charge is -2.10. The van der Waals surface area contributed by atoms with E-state index in [0.717, 1.165) is 0 Å². The molecule has 0 aromatic heterocycles. The zero-order valence-electron chi connectivity index (χ0n) is 9.24. The van der Waals surface area contributed by atoms with Crippen LogP contribution < -0.4 is 11.1 Å². The van der Waals surface area contributed by atoms with Crippen molar-refractivity contribution < 1.29 is 4.39 Å². The van der Waals surface area contributed by atoms with Gasteiger partial charge in [0.05, 0.1) is 22.0 Å². The summed E-state index contributed by atoms with van der Waals surface area (Å²) in [5.41, 5.74) is 7.73. The van der Waals surface area contributed by atoms with E-state index >= 15 is 0 Å². The van der Waals surface area contributed by atoms with Gasteiger partial charge in [-0.15, -0.1) is 0 Å². The van der Waals surface area contributed by atoms with Crippen molar-refractivity contribution in [2.45, 2.75) is 0 Å². The Morgan fingerprint density at radius 2 is 2.06 bits per heavy atom. The van der Waals surface area contributed by atoms with E-state index in [2.05, 4.69) is 5.32 Å². The quantitative estimate of drug-likeness (QED) is 0.811. The molecule has 90 valence electrons. The van der Waals surface area contributed by atoms with Gasteiger partial charge in [0.15, 0.2) is 0 Å². The summed E-state index contributed by atoms with van der Waals surface area (Å²) in [7, 11) is 0. The van der Waals surface area contributed by atoms with Gasteiger partial charge in [0.1, 0.15) is 11.9 Å². The molecule has 0 fully saturated rings. The zero-order chi connectivity index (χ0) is 13.1. The predicted octanol–water partition coefficient (Wildman–Crippen LogP) is 3.68. The molecule has 0 spiro atoms. The Kier molecular flexibility index (Phi) is 3.35. The predicted molar refractivity (Wildman–Crippen MR) is 70.3 cm³/mol. The van der Waals surface area contributed by atoms with Crippen molar-refractivity contribution >= 4 is 28.7 Å². The van der Waals surface area contributed by atoms with E-state index in [0.29, 0.717) is 22.6 Å². The molecule has 3 N–H and O–H groups in total. The summed E-state index contributed by atoms with van der Waals surface area (Å²) in [6.07, 6.45) is 0. The second kappa shape index (κ2) is 4.94. The van der Waals surface area contributed by atoms with E-state index in [1.165, 1.54) is 12.1 Å². The number of anilines is 3. The molecule has 0 radical (unpaired) electrons. The highest BCUT2D eigenvalue weighted by Gasteiger charge is 2.06. The second-order valence-electron chi connectivity index (χ2n) is 3.63. The molecule has 0 aliphatic rings. The first-order chi connectivity index (χ1) is 8.61. The lowest BCUT2D eigenvalue weighted by atomic mass is 10.1. The van der Waals surface area contributed by atoms with E-state index in [1.54, 1.807) is 24.3 Å². The third kappa shape index (κ3) is 2.36. The number of hydrogen-bond donors (Lipinski definition) is 2. The number of halogens is 2. The Labute approximate surface area is 109 Å². The van der Waals surface area contributed by atoms with Gasteiger partial charge >= 0.3 is 0 Å². The number of rotatable bonds is 2. The van der Waals surface area contributed by atoms with Gasteiger partial charge < -0.3 is 11.1 Å². The minimum Gasteiger partial charge on any atom is -0.396 e. The number of nitrogens with zero attached hydrogens (tertiary/aromatic N) is 1. The summed E-state index contributed by atoms with van der Waals surface area (Å²) < 4.78 is 13.0. The summed E-state index contributed by atoms with van der Waals surface area (Å²) in [6.45, 7) is 0. The Balaban J connectivity index is 2.35. The van der Waals surface area contributed by atoms with Crippen molar-refractivity contribution in [3.05, 3.63) is 52.8 Å². The molecule has 3 nitrogen and oxygen atoms in total. The highest BCUT2D eigenvalue weighted by molar-refractivity contribution is 6.31. The normalized spacial score (nSPS) is 9.83. The first-order valence-corrected chi connectivity index (χ1v) is 5.50. The van der Waals surface area contributed by atoms with Crippen molar-refractivity contribution in [1.29, 1.82) is 5.26 Å². The fraction of sp³-hybridized carbons (Fsp3) is 0. The summed E-state index contributed by atoms with van der Waals surface area (Å²) in [4.78, 5) is 0. The highest BCUT2D eigenvalue weighted by Crippen LogP contribution is 2.27. The average molecular weight is 262 g/mol. The van der Waals surface area contributed by atoms with Crippen LogP contribution in [0.5, 0.6) is 0 Å². The number of nitriles is 1. The van der Waals surface area contributed by atoms with E-state index in [1.807, 2.05) is 6.07 Å². The molecule has 5 heteroatoms. The monoisotopic (exact) mass is 261 g/mol. The summed E-state index contributed by atoms with van der Waals surface area (Å²) in [5.74, 6) is -0.485. The Morgan fingerprint density at radius 3 is 2.72 bits per heavy atom. The molecule has 2 rings (SSSR count). The van der Waals surface area contributed by atoms with Crippen LogP contribution in [0.15, 0.2) is 36.4 Å². The third-order valence-corrected chi connectivity index (χ3v) is 2.71. The fourth-order valence-electron chi connectivity index (χ4n) is 1.50. The first kappa shape index (κ1) is 12.2. The molecule has 18 heavy (non-hydrogen) atoms. The average Bonchev–Trinajstić information content (AvgIpc) is 2.36. The number of hydrogen-bond acceptors (Lipinski definition) is 3. The summed E-state index contributed by atoms with van der Waals surface area (Å²) in [5, 5.41) is 11.9. The molecule has 0 aliphatic carbocycles. The number of para-hydroxylation sites is 1. The van der Waals surface area contributed by atoms with Crippen LogP contribution in [-0.4, -0.2) is 0 Å². The van der Waals surface area contributed by atoms with Gasteiger partial charge in [0.2, 0.25) is 0 Å². The van der Waals surface area contributed by atoms with E-state index in [4.69, 9.17) is 22.6 Å². The molecule has 0 atom stereocenters. The molecule has 0 aliphatic heterocycles. The van der Waals surface area contributed by atoms with Crippen molar-refractivity contribution in [3.8, 4) is 6.07 Å². The Morgan fingerprint density at radius 1 is 1.28 bits per heavy atom. The van der Waals surface area contributed by atoms with E-state index in [9.17, 15) is 4.39 Å². The van der Waals surface area contributed by atoms with E-state index < -0.39 is 5.82 Å². The number of benzene rings is 2. The molecule has 0 unspecified atom stereocenters. The molecule has 2 aromatic rings. The molecule has 0 heterocycles. The van der Waals surface area contributed by atoms with Crippen LogP contribution in [0.1, 0.15) is 5.56 Å². The molecule has 2 aromatic carbocycles. The Hall–Kier alpha value is -2.25. The van der Waals surface area contributed by atoms with Crippen LogP contribution >= 0.6 is 11.6 Å². The minimum absolute atomic E-state index is 0.0232. The van der Waals surface area contributed by atoms with Crippen LogP contribution in [0, 0.1) is 17.1 Å². The molecule has 0 bridgehead atoms. The van der Waals surface area contributed by atoms with Crippen molar-refractivity contribution in [3.63, 3.8) is 0 Å². The first-order valence-electron chi connectivity index (χ1n) is 5.12. The Bertz CT molecular complexity index is 635. The van der Waals surface area contributed by atoms with E-state index in [-0.39, 0.29) is 5.02 Å². The standard InChI is InChI=1S/C13H9ClFN3/c14-10-6-9(4-5-11(10)15)18-12-3-1-2-8(7-16)13(12)17/h1-6,18H,17H2. The zero-order valence-corrected chi connectivity index (χ0v) is 10.0. The maximum absolute atomic E-state index is 13.0. The highest BCUT2D eigenvalue weighted by atomic mass is 35.5. The fourth-order valence-corrected chi connectivity index (χ4v) is 1.68. The maximum atomic E-state index is 13.0. The van der Waals surface area contributed by atoms with Gasteiger partial charge in [-0.05, 0) is 30.3 Å². The van der Waals surface area contributed by atoms with Crippen molar-refractivity contribution in [1.82, 2.24) is 0 Å². The van der Waals surface area contributed by atoms with Gasteiger partial charge in [0, 0.05) is 5.69 Å². The number of nitrogens with two attached hydrogens (primary N) is 1. The second-order valence-corrected chi connectivity index (χ2v) is 4.04. The third-order valence-electron chi connectivity index (χ3n) is 2.43. The van der Waals surface area contributed by atoms with Gasteiger partial charge in [-0.25, -0.2) is 4.39 Å². The summed E-state index contributed by atoms with van der Waals surface area (Å²) >= 11 is 5.68. The van der Waals surface area contributed by atoms with Gasteiger partial charge in [-0.2, -0.15) is 5.26 Å². The SMILES string of the molecule is N#Cc1cccc(Nc2ccc(F)c(Cl)c2)c1N. The van der Waals surface area contributed by atoms with Crippen molar-refractivity contribution in [2.24, 2.45) is 0 Å². The smallest absolute Gasteiger partial charge is 0.141 e. The number of nitrogens with one attached hydrogen (secondary N) is 1.